The molecule has 2 unspecified atom stereocenters. The summed E-state index contributed by atoms with van der Waals surface area (Å²) in [6, 6.07) is 13.4. The summed E-state index contributed by atoms with van der Waals surface area (Å²) >= 11 is 12.3. The third-order valence-electron chi connectivity index (χ3n) is 3.49. The molecular formula is C17H19Cl2NO. The Labute approximate surface area is 135 Å². The van der Waals surface area contributed by atoms with Crippen molar-refractivity contribution in [2.24, 2.45) is 0 Å². The SMILES string of the molecule is CCC(Nc1ccccc1C(C)O)c1ccc(Cl)cc1Cl. The van der Waals surface area contributed by atoms with Gasteiger partial charge in [0, 0.05) is 21.3 Å². The Hall–Kier alpha value is -1.22. The summed E-state index contributed by atoms with van der Waals surface area (Å²) in [5.74, 6) is 0. The van der Waals surface area contributed by atoms with Gasteiger partial charge in [-0.3, -0.25) is 0 Å². The first-order chi connectivity index (χ1) is 10.0. The molecule has 2 N–H and O–H groups in total. The number of hydrogen-bond donors (Lipinski definition) is 2. The Kier molecular flexibility index (Phi) is 5.51. The van der Waals surface area contributed by atoms with Crippen molar-refractivity contribution in [2.75, 3.05) is 5.32 Å². The molecule has 0 fully saturated rings. The van der Waals surface area contributed by atoms with E-state index >= 15 is 0 Å². The molecule has 4 heteroatoms. The fourth-order valence-corrected chi connectivity index (χ4v) is 2.90. The molecule has 2 atom stereocenters. The summed E-state index contributed by atoms with van der Waals surface area (Å²) < 4.78 is 0. The highest BCUT2D eigenvalue weighted by molar-refractivity contribution is 6.35. The van der Waals surface area contributed by atoms with Gasteiger partial charge < -0.3 is 10.4 Å². The average Bonchev–Trinajstić information content (AvgIpc) is 2.45. The number of benzene rings is 2. The lowest BCUT2D eigenvalue weighted by Gasteiger charge is -2.23. The van der Waals surface area contributed by atoms with Crippen LogP contribution in [0.25, 0.3) is 0 Å². The van der Waals surface area contributed by atoms with E-state index in [1.165, 1.54) is 0 Å². The van der Waals surface area contributed by atoms with Crippen molar-refractivity contribution < 1.29 is 5.11 Å². The van der Waals surface area contributed by atoms with Gasteiger partial charge in [0.05, 0.1) is 12.1 Å². The fraction of sp³-hybridized carbons (Fsp3) is 0.294. The van der Waals surface area contributed by atoms with Crippen LogP contribution >= 0.6 is 23.2 Å². The number of anilines is 1. The summed E-state index contributed by atoms with van der Waals surface area (Å²) in [7, 11) is 0. The lowest BCUT2D eigenvalue weighted by molar-refractivity contribution is 0.200. The van der Waals surface area contributed by atoms with E-state index in [2.05, 4.69) is 12.2 Å². The second kappa shape index (κ2) is 7.17. The Morgan fingerprint density at radius 3 is 2.43 bits per heavy atom. The topological polar surface area (TPSA) is 32.3 Å². The maximum absolute atomic E-state index is 9.87. The number of halogens is 2. The standard InChI is InChI=1S/C17H19Cl2NO/c1-3-16(14-9-8-12(18)10-15(14)19)20-17-7-5-4-6-13(17)11(2)21/h4-11,16,20-21H,3H2,1-2H3. The van der Waals surface area contributed by atoms with Crippen LogP contribution in [0.3, 0.4) is 0 Å². The molecule has 2 aromatic rings. The third-order valence-corrected chi connectivity index (χ3v) is 4.05. The molecule has 2 aromatic carbocycles. The first-order valence-corrected chi connectivity index (χ1v) is 7.77. The van der Waals surface area contributed by atoms with E-state index in [4.69, 9.17) is 23.2 Å². The maximum Gasteiger partial charge on any atom is 0.0781 e. The minimum absolute atomic E-state index is 0.0645. The van der Waals surface area contributed by atoms with E-state index in [1.54, 1.807) is 13.0 Å². The first-order valence-electron chi connectivity index (χ1n) is 7.01. The highest BCUT2D eigenvalue weighted by Gasteiger charge is 2.15. The third kappa shape index (κ3) is 3.91. The lowest BCUT2D eigenvalue weighted by Crippen LogP contribution is -2.12. The number of aliphatic hydroxyl groups is 1. The van der Waals surface area contributed by atoms with Crippen LogP contribution < -0.4 is 5.32 Å². The summed E-state index contributed by atoms with van der Waals surface area (Å²) in [6.07, 6.45) is 0.349. The van der Waals surface area contributed by atoms with Crippen molar-refractivity contribution in [3.8, 4) is 0 Å². The monoisotopic (exact) mass is 323 g/mol. The van der Waals surface area contributed by atoms with Crippen LogP contribution in [-0.2, 0) is 0 Å². The van der Waals surface area contributed by atoms with Gasteiger partial charge in [-0.15, -0.1) is 0 Å². The van der Waals surface area contributed by atoms with Gasteiger partial charge >= 0.3 is 0 Å². The highest BCUT2D eigenvalue weighted by atomic mass is 35.5. The van der Waals surface area contributed by atoms with Gasteiger partial charge in [-0.1, -0.05) is 54.4 Å². The normalized spacial score (nSPS) is 13.8. The molecule has 0 aliphatic rings. The lowest BCUT2D eigenvalue weighted by atomic mass is 10.0. The van der Waals surface area contributed by atoms with Crippen LogP contribution in [0.15, 0.2) is 42.5 Å². The zero-order valence-corrected chi connectivity index (χ0v) is 13.6. The minimum Gasteiger partial charge on any atom is -0.389 e. The molecule has 0 aromatic heterocycles. The van der Waals surface area contributed by atoms with Crippen molar-refractivity contribution >= 4 is 28.9 Å². The number of aliphatic hydroxyl groups excluding tert-OH is 1. The van der Waals surface area contributed by atoms with E-state index in [0.29, 0.717) is 10.0 Å². The maximum atomic E-state index is 9.87. The summed E-state index contributed by atoms with van der Waals surface area (Å²) in [6.45, 7) is 3.85. The van der Waals surface area contributed by atoms with Crippen LogP contribution in [0.4, 0.5) is 5.69 Å². The molecule has 0 saturated carbocycles. The van der Waals surface area contributed by atoms with Crippen LogP contribution in [0.2, 0.25) is 10.0 Å². The molecule has 112 valence electrons. The molecule has 0 spiro atoms. The second-order valence-corrected chi connectivity index (χ2v) is 5.88. The number of nitrogens with one attached hydrogen (secondary N) is 1. The van der Waals surface area contributed by atoms with Crippen LogP contribution in [0.1, 0.15) is 43.5 Å². The van der Waals surface area contributed by atoms with Gasteiger partial charge in [-0.2, -0.15) is 0 Å². The predicted octanol–water partition coefficient (Wildman–Crippen LogP) is 5.61. The van der Waals surface area contributed by atoms with Crippen LogP contribution in [0, 0.1) is 0 Å². The van der Waals surface area contributed by atoms with E-state index in [9.17, 15) is 5.11 Å². The molecule has 0 heterocycles. The zero-order chi connectivity index (χ0) is 15.4. The number of hydrogen-bond acceptors (Lipinski definition) is 2. The number of para-hydroxylation sites is 1. The van der Waals surface area contributed by atoms with Crippen molar-refractivity contribution in [3.05, 3.63) is 63.6 Å². The van der Waals surface area contributed by atoms with E-state index in [0.717, 1.165) is 23.2 Å². The van der Waals surface area contributed by atoms with E-state index in [-0.39, 0.29) is 6.04 Å². The van der Waals surface area contributed by atoms with Gasteiger partial charge in [0.25, 0.3) is 0 Å². The van der Waals surface area contributed by atoms with Gasteiger partial charge in [0.1, 0.15) is 0 Å². The Bertz CT molecular complexity index is 613. The first kappa shape index (κ1) is 16.2. The van der Waals surface area contributed by atoms with E-state index in [1.807, 2.05) is 36.4 Å². The van der Waals surface area contributed by atoms with Crippen LogP contribution in [-0.4, -0.2) is 5.11 Å². The minimum atomic E-state index is -0.521. The predicted molar refractivity (Wildman–Crippen MR) is 90.2 cm³/mol. The molecule has 0 saturated heterocycles. The summed E-state index contributed by atoms with van der Waals surface area (Å²) in [5, 5.41) is 14.6. The molecule has 0 amide bonds. The molecule has 2 nitrogen and oxygen atoms in total. The van der Waals surface area contributed by atoms with Crippen molar-refractivity contribution in [2.45, 2.75) is 32.4 Å². The second-order valence-electron chi connectivity index (χ2n) is 5.03. The molecule has 0 bridgehead atoms. The van der Waals surface area contributed by atoms with Crippen molar-refractivity contribution in [3.63, 3.8) is 0 Å². The largest absolute Gasteiger partial charge is 0.389 e. The average molecular weight is 324 g/mol. The van der Waals surface area contributed by atoms with Crippen molar-refractivity contribution in [1.82, 2.24) is 0 Å². The molecular weight excluding hydrogens is 305 g/mol. The van der Waals surface area contributed by atoms with Gasteiger partial charge in [0.2, 0.25) is 0 Å². The molecule has 21 heavy (non-hydrogen) atoms. The van der Waals surface area contributed by atoms with Gasteiger partial charge in [0.15, 0.2) is 0 Å². The molecule has 0 radical (unpaired) electrons. The number of rotatable bonds is 5. The fourth-order valence-electron chi connectivity index (χ4n) is 2.36. The van der Waals surface area contributed by atoms with Gasteiger partial charge in [-0.25, -0.2) is 0 Å². The Morgan fingerprint density at radius 1 is 1.10 bits per heavy atom. The van der Waals surface area contributed by atoms with Crippen LogP contribution in [0.5, 0.6) is 0 Å². The quantitative estimate of drug-likeness (QED) is 0.749. The van der Waals surface area contributed by atoms with Gasteiger partial charge in [-0.05, 0) is 37.1 Å². The Morgan fingerprint density at radius 2 is 1.81 bits per heavy atom. The zero-order valence-electron chi connectivity index (χ0n) is 12.1. The molecule has 0 aliphatic heterocycles. The Balaban J connectivity index is 2.31. The molecule has 2 rings (SSSR count). The van der Waals surface area contributed by atoms with E-state index < -0.39 is 6.10 Å². The summed E-state index contributed by atoms with van der Waals surface area (Å²) in [4.78, 5) is 0. The van der Waals surface area contributed by atoms with Crippen molar-refractivity contribution in [1.29, 1.82) is 0 Å². The smallest absolute Gasteiger partial charge is 0.0781 e. The molecule has 0 aliphatic carbocycles. The summed E-state index contributed by atoms with van der Waals surface area (Å²) in [5.41, 5.74) is 2.80. The highest BCUT2D eigenvalue weighted by Crippen LogP contribution is 2.32.